The van der Waals surface area contributed by atoms with Crippen molar-refractivity contribution in [1.29, 1.82) is 0 Å². The van der Waals surface area contributed by atoms with E-state index in [-0.39, 0.29) is 5.75 Å². The van der Waals surface area contributed by atoms with Crippen molar-refractivity contribution < 1.29 is 19.1 Å². The number of fused-ring (bicyclic) bond motifs is 1. The van der Waals surface area contributed by atoms with Crippen molar-refractivity contribution in [2.24, 2.45) is 4.99 Å². The van der Waals surface area contributed by atoms with E-state index in [2.05, 4.69) is 9.98 Å². The highest BCUT2D eigenvalue weighted by molar-refractivity contribution is 7.17. The zero-order valence-electron chi connectivity index (χ0n) is 15.9. The molecule has 4 rings (SSSR count). The highest BCUT2D eigenvalue weighted by Crippen LogP contribution is 2.28. The Morgan fingerprint density at radius 1 is 1.21 bits per heavy atom. The largest absolute Gasteiger partial charge is 0.508 e. The first-order chi connectivity index (χ1) is 14.0. The van der Waals surface area contributed by atoms with E-state index in [4.69, 9.17) is 9.15 Å². The minimum Gasteiger partial charge on any atom is -0.508 e. The normalized spacial score (nSPS) is 11.7. The van der Waals surface area contributed by atoms with Crippen molar-refractivity contribution in [1.82, 2.24) is 4.98 Å². The minimum absolute atomic E-state index is 0.110. The standard InChI is InChI=1S/C22H18N2O4S/c1-3-27-21(26)20-13(2)23-22(29-20)24-17-12-19(14-7-5-4-6-8-14)28-18-10-9-15(25)11-16(17)18/h4-12,25H,3H2,1-2H3. The summed E-state index contributed by atoms with van der Waals surface area (Å²) in [5, 5.41) is 11.6. The Morgan fingerprint density at radius 3 is 2.76 bits per heavy atom. The molecule has 0 fully saturated rings. The number of phenols is 1. The molecule has 6 nitrogen and oxygen atoms in total. The van der Waals surface area contributed by atoms with Crippen LogP contribution in [0.15, 0.2) is 64.0 Å². The maximum Gasteiger partial charge on any atom is 0.350 e. The van der Waals surface area contributed by atoms with E-state index in [9.17, 15) is 9.90 Å². The molecule has 0 amide bonds. The van der Waals surface area contributed by atoms with Gasteiger partial charge in [-0.2, -0.15) is 0 Å². The molecule has 2 aromatic heterocycles. The SMILES string of the molecule is CCOC(=O)c1sc(N=c2cc(-c3ccccc3)oc3ccc(O)cc23)nc1C. The monoisotopic (exact) mass is 406 g/mol. The fourth-order valence-corrected chi connectivity index (χ4v) is 3.76. The van der Waals surface area contributed by atoms with Crippen LogP contribution in [-0.2, 0) is 4.74 Å². The zero-order chi connectivity index (χ0) is 20.4. The van der Waals surface area contributed by atoms with E-state index in [1.165, 1.54) is 11.3 Å². The first-order valence-corrected chi connectivity index (χ1v) is 9.88. The average molecular weight is 406 g/mol. The summed E-state index contributed by atoms with van der Waals surface area (Å²) in [6.45, 7) is 3.81. The lowest BCUT2D eigenvalue weighted by atomic mass is 10.1. The van der Waals surface area contributed by atoms with Crippen LogP contribution in [0.25, 0.3) is 22.3 Å². The van der Waals surface area contributed by atoms with Gasteiger partial charge in [0.05, 0.1) is 17.7 Å². The number of carbonyl (C=O) groups excluding carboxylic acids is 1. The van der Waals surface area contributed by atoms with Crippen molar-refractivity contribution in [3.05, 3.63) is 70.5 Å². The van der Waals surface area contributed by atoms with Gasteiger partial charge in [0.15, 0.2) is 0 Å². The molecule has 0 radical (unpaired) electrons. The van der Waals surface area contributed by atoms with Gasteiger partial charge in [-0.1, -0.05) is 41.7 Å². The molecule has 0 unspecified atom stereocenters. The molecule has 0 atom stereocenters. The molecule has 0 saturated carbocycles. The number of carbonyl (C=O) groups is 1. The van der Waals surface area contributed by atoms with Crippen LogP contribution in [-0.4, -0.2) is 22.7 Å². The molecule has 0 aliphatic carbocycles. The molecular weight excluding hydrogens is 388 g/mol. The fraction of sp³-hybridized carbons (Fsp3) is 0.136. The number of aromatic hydroxyl groups is 1. The Kier molecular flexibility index (Phi) is 5.14. The van der Waals surface area contributed by atoms with E-state index in [1.54, 1.807) is 38.1 Å². The lowest BCUT2D eigenvalue weighted by molar-refractivity contribution is 0.0531. The summed E-state index contributed by atoms with van der Waals surface area (Å²) in [7, 11) is 0. The van der Waals surface area contributed by atoms with Crippen LogP contribution in [0.2, 0.25) is 0 Å². The van der Waals surface area contributed by atoms with E-state index in [1.807, 2.05) is 30.3 Å². The predicted molar refractivity (Wildman–Crippen MR) is 111 cm³/mol. The van der Waals surface area contributed by atoms with E-state index < -0.39 is 5.97 Å². The number of nitrogens with zero attached hydrogens (tertiary/aromatic N) is 2. The summed E-state index contributed by atoms with van der Waals surface area (Å²) in [5.41, 5.74) is 2.06. The molecule has 29 heavy (non-hydrogen) atoms. The van der Waals surface area contributed by atoms with Crippen molar-refractivity contribution in [3.8, 4) is 17.1 Å². The Morgan fingerprint density at radius 2 is 2.00 bits per heavy atom. The van der Waals surface area contributed by atoms with Gasteiger partial charge >= 0.3 is 5.97 Å². The number of rotatable bonds is 4. The Bertz CT molecular complexity index is 1260. The molecule has 1 N–H and O–H groups in total. The number of ether oxygens (including phenoxy) is 1. The summed E-state index contributed by atoms with van der Waals surface area (Å²) in [5.74, 6) is 0.347. The molecule has 2 aromatic carbocycles. The number of hydrogen-bond donors (Lipinski definition) is 1. The van der Waals surface area contributed by atoms with Crippen molar-refractivity contribution in [2.75, 3.05) is 6.61 Å². The molecule has 0 saturated heterocycles. The van der Waals surface area contributed by atoms with Crippen molar-refractivity contribution >= 4 is 33.4 Å². The smallest absolute Gasteiger partial charge is 0.350 e. The van der Waals surface area contributed by atoms with Crippen LogP contribution in [0, 0.1) is 6.92 Å². The van der Waals surface area contributed by atoms with Gasteiger partial charge in [-0.3, -0.25) is 0 Å². The fourth-order valence-electron chi connectivity index (χ4n) is 2.91. The second kappa shape index (κ2) is 7.89. The number of esters is 1. The van der Waals surface area contributed by atoms with Crippen LogP contribution >= 0.6 is 11.3 Å². The van der Waals surface area contributed by atoms with Gasteiger partial charge in [0.25, 0.3) is 0 Å². The van der Waals surface area contributed by atoms with Crippen molar-refractivity contribution in [2.45, 2.75) is 13.8 Å². The maximum atomic E-state index is 12.1. The van der Waals surface area contributed by atoms with Gasteiger partial charge in [-0.05, 0) is 32.0 Å². The van der Waals surface area contributed by atoms with Crippen LogP contribution in [0.5, 0.6) is 5.75 Å². The molecule has 7 heteroatoms. The third-order valence-corrected chi connectivity index (χ3v) is 5.28. The van der Waals surface area contributed by atoms with E-state index in [0.29, 0.717) is 44.4 Å². The quantitative estimate of drug-likeness (QED) is 0.483. The van der Waals surface area contributed by atoms with Crippen LogP contribution in [0.3, 0.4) is 0 Å². The number of hydrogen-bond acceptors (Lipinski definition) is 7. The number of benzene rings is 2. The zero-order valence-corrected chi connectivity index (χ0v) is 16.7. The minimum atomic E-state index is -0.403. The summed E-state index contributed by atoms with van der Waals surface area (Å²) in [6, 6.07) is 16.4. The number of thiazole rings is 1. The van der Waals surface area contributed by atoms with Gasteiger partial charge in [0.2, 0.25) is 5.13 Å². The van der Waals surface area contributed by atoms with Crippen LogP contribution in [0.1, 0.15) is 22.3 Å². The molecule has 0 spiro atoms. The summed E-state index contributed by atoms with van der Waals surface area (Å²) in [6.07, 6.45) is 0. The first-order valence-electron chi connectivity index (χ1n) is 9.06. The highest BCUT2D eigenvalue weighted by Gasteiger charge is 2.16. The highest BCUT2D eigenvalue weighted by atomic mass is 32.1. The topological polar surface area (TPSA) is 84.9 Å². The average Bonchev–Trinajstić information content (AvgIpc) is 3.09. The summed E-state index contributed by atoms with van der Waals surface area (Å²) in [4.78, 5) is 21.6. The van der Waals surface area contributed by atoms with Gasteiger partial charge in [0, 0.05) is 17.0 Å². The second-order valence-electron chi connectivity index (χ2n) is 6.29. The number of phenolic OH excluding ortho intramolecular Hbond substituents is 1. The van der Waals surface area contributed by atoms with Gasteiger partial charge in [-0.25, -0.2) is 14.8 Å². The van der Waals surface area contributed by atoms with E-state index in [0.717, 1.165) is 5.56 Å². The third kappa shape index (κ3) is 3.90. The Hall–Kier alpha value is -3.45. The van der Waals surface area contributed by atoms with Gasteiger partial charge in [0.1, 0.15) is 22.0 Å². The third-order valence-electron chi connectivity index (χ3n) is 4.25. The molecule has 2 heterocycles. The summed E-state index contributed by atoms with van der Waals surface area (Å²) >= 11 is 1.17. The van der Waals surface area contributed by atoms with E-state index >= 15 is 0 Å². The Balaban J connectivity index is 1.91. The number of aryl methyl sites for hydroxylation is 1. The molecular formula is C22H18N2O4S. The lowest BCUT2D eigenvalue weighted by Crippen LogP contribution is -2.03. The molecule has 4 aromatic rings. The van der Waals surface area contributed by atoms with Gasteiger partial charge in [-0.15, -0.1) is 0 Å². The Labute approximate surface area is 170 Å². The maximum absolute atomic E-state index is 12.1. The first kappa shape index (κ1) is 18.9. The molecule has 146 valence electrons. The molecule has 0 aliphatic heterocycles. The van der Waals surface area contributed by atoms with Crippen molar-refractivity contribution in [3.63, 3.8) is 0 Å². The predicted octanol–water partition coefficient (Wildman–Crippen LogP) is 4.98. The second-order valence-corrected chi connectivity index (χ2v) is 7.26. The van der Waals surface area contributed by atoms with Crippen LogP contribution < -0.4 is 5.36 Å². The van der Waals surface area contributed by atoms with Gasteiger partial charge < -0.3 is 14.3 Å². The van der Waals surface area contributed by atoms with Crippen LogP contribution in [0.4, 0.5) is 5.13 Å². The summed E-state index contributed by atoms with van der Waals surface area (Å²) < 4.78 is 11.1. The molecule has 0 aliphatic rings. The lowest BCUT2D eigenvalue weighted by Gasteiger charge is -2.05. The number of aromatic nitrogens is 1. The molecule has 0 bridgehead atoms.